The molecule has 0 spiro atoms. The van der Waals surface area contributed by atoms with Crippen LogP contribution in [0.4, 0.5) is 0 Å². The van der Waals surface area contributed by atoms with Crippen LogP contribution in [0.1, 0.15) is 12.8 Å². The molecule has 0 saturated heterocycles. The number of aliphatic carboxylic acids is 1. The number of hydrogen-bond acceptors (Lipinski definition) is 3. The maximum atomic E-state index is 10.7. The Kier molecular flexibility index (Phi) is 4.78. The summed E-state index contributed by atoms with van der Waals surface area (Å²) in [7, 11) is 0. The van der Waals surface area contributed by atoms with E-state index in [1.165, 1.54) is 0 Å². The zero-order valence-corrected chi connectivity index (χ0v) is 6.49. The number of carbonyl (C=O) groups excluding carboxylic acids is 1. The predicted octanol–water partition coefficient (Wildman–Crippen LogP) is -2.15. The molecule has 68 valence electrons. The minimum Gasteiger partial charge on any atom is -0.508 e. The molecule has 0 aromatic carbocycles. The molecular formula is C6H11N3O3. The van der Waals surface area contributed by atoms with E-state index in [1.54, 1.807) is 5.11 Å². The van der Waals surface area contributed by atoms with Crippen molar-refractivity contribution < 1.29 is 19.8 Å². The second-order valence-corrected chi connectivity index (χ2v) is 2.36. The van der Waals surface area contributed by atoms with Gasteiger partial charge >= 0.3 is 5.97 Å². The zero-order chi connectivity index (χ0) is 9.56. The number of carboxylic acids is 1. The Morgan fingerprint density at radius 2 is 2.17 bits per heavy atom. The lowest BCUT2D eigenvalue weighted by molar-refractivity contribution is -0.467. The molecule has 0 aromatic heterocycles. The lowest BCUT2D eigenvalue weighted by Gasteiger charge is -2.02. The quantitative estimate of drug-likeness (QED) is 0.397. The highest BCUT2D eigenvalue weighted by molar-refractivity contribution is 5.80. The fraction of sp³-hybridized carbons (Fsp3) is 0.667. The van der Waals surface area contributed by atoms with Gasteiger partial charge in [0.05, 0.1) is 0 Å². The Morgan fingerprint density at radius 1 is 1.58 bits per heavy atom. The number of nitrogens with one attached hydrogen (secondary N) is 1. The number of carboxylic acid groups (broad SMARTS) is 1. The molecule has 0 aliphatic rings. The van der Waals surface area contributed by atoms with Gasteiger partial charge in [-0.05, 0) is 6.42 Å². The van der Waals surface area contributed by atoms with E-state index in [4.69, 9.17) is 16.4 Å². The summed E-state index contributed by atoms with van der Waals surface area (Å²) in [5.41, 5.74) is 13.2. The number of hydrogen-bond donors (Lipinski definition) is 3. The van der Waals surface area contributed by atoms with Crippen LogP contribution in [0.15, 0.2) is 0 Å². The SMILES string of the molecule is [N-]=[NH+]CC(=O)CC[C@H](N)C(=O)O. The summed E-state index contributed by atoms with van der Waals surface area (Å²) in [5, 5.41) is 10.0. The van der Waals surface area contributed by atoms with Gasteiger partial charge in [0.15, 0.2) is 12.3 Å². The summed E-state index contributed by atoms with van der Waals surface area (Å²) < 4.78 is 0. The molecule has 0 aromatic rings. The molecular weight excluding hydrogens is 162 g/mol. The molecule has 0 rings (SSSR count). The molecule has 0 fully saturated rings. The van der Waals surface area contributed by atoms with Gasteiger partial charge in [-0.1, -0.05) is 0 Å². The molecule has 0 radical (unpaired) electrons. The van der Waals surface area contributed by atoms with E-state index in [9.17, 15) is 9.59 Å². The van der Waals surface area contributed by atoms with E-state index in [0.717, 1.165) is 0 Å². The fourth-order valence-electron chi connectivity index (χ4n) is 0.617. The van der Waals surface area contributed by atoms with Gasteiger partial charge in [0.1, 0.15) is 6.04 Å². The number of nitrogens with two attached hydrogens (primary N) is 1. The summed E-state index contributed by atoms with van der Waals surface area (Å²) in [6.45, 7) is -0.174. The normalized spacial score (nSPS) is 12.1. The maximum Gasteiger partial charge on any atom is 0.320 e. The molecule has 1 atom stereocenters. The highest BCUT2D eigenvalue weighted by atomic mass is 16.4. The van der Waals surface area contributed by atoms with Crippen LogP contribution < -0.4 is 10.8 Å². The van der Waals surface area contributed by atoms with Gasteiger partial charge in [-0.15, -0.1) is 0 Å². The van der Waals surface area contributed by atoms with Crippen molar-refractivity contribution in [1.29, 1.82) is 0 Å². The largest absolute Gasteiger partial charge is 0.508 e. The minimum absolute atomic E-state index is 0.0566. The number of rotatable bonds is 6. The second kappa shape index (κ2) is 5.36. The van der Waals surface area contributed by atoms with Gasteiger partial charge in [0.2, 0.25) is 0 Å². The van der Waals surface area contributed by atoms with Gasteiger partial charge in [0.25, 0.3) is 0 Å². The first-order chi connectivity index (χ1) is 5.57. The van der Waals surface area contributed by atoms with Crippen LogP contribution in [0.2, 0.25) is 0 Å². The molecule has 6 nitrogen and oxygen atoms in total. The van der Waals surface area contributed by atoms with Crippen LogP contribution in [-0.4, -0.2) is 29.4 Å². The standard InChI is InChI=1S/C6H11N3O3/c7-5(6(11)12)2-1-4(10)3-9-8/h5,9H,1-3,7H2,(H,11,12)/t5-/m0/s1. The van der Waals surface area contributed by atoms with Crippen molar-refractivity contribution >= 4 is 11.8 Å². The van der Waals surface area contributed by atoms with Crippen LogP contribution in [0.25, 0.3) is 5.53 Å². The molecule has 0 amide bonds. The first-order valence-electron chi connectivity index (χ1n) is 3.45. The lowest BCUT2D eigenvalue weighted by Crippen LogP contribution is -2.65. The van der Waals surface area contributed by atoms with Gasteiger partial charge in [-0.2, -0.15) is 0 Å². The molecule has 0 heterocycles. The Bertz CT molecular complexity index is 192. The predicted molar refractivity (Wildman–Crippen MR) is 39.0 cm³/mol. The van der Waals surface area contributed by atoms with Crippen molar-refractivity contribution in [2.24, 2.45) is 5.73 Å². The Morgan fingerprint density at radius 3 is 2.58 bits per heavy atom. The zero-order valence-electron chi connectivity index (χ0n) is 6.49. The molecule has 6 heteroatoms. The van der Waals surface area contributed by atoms with E-state index >= 15 is 0 Å². The monoisotopic (exact) mass is 173 g/mol. The third-order valence-electron chi connectivity index (χ3n) is 1.33. The molecule has 0 bridgehead atoms. The first-order valence-corrected chi connectivity index (χ1v) is 3.45. The van der Waals surface area contributed by atoms with Crippen LogP contribution in [0, 0.1) is 0 Å². The minimum atomic E-state index is -1.13. The van der Waals surface area contributed by atoms with Crippen molar-refractivity contribution in [3.8, 4) is 0 Å². The highest BCUT2D eigenvalue weighted by Gasteiger charge is 2.13. The van der Waals surface area contributed by atoms with Crippen molar-refractivity contribution in [2.45, 2.75) is 18.9 Å². The Hall–Kier alpha value is -1.30. The topological polar surface area (TPSA) is 117 Å². The van der Waals surface area contributed by atoms with E-state index in [1.807, 2.05) is 0 Å². The summed E-state index contributed by atoms with van der Waals surface area (Å²) >= 11 is 0. The van der Waals surface area contributed by atoms with Crippen molar-refractivity contribution in [1.82, 2.24) is 0 Å². The van der Waals surface area contributed by atoms with Gasteiger partial charge in [-0.25, -0.2) is 0 Å². The highest BCUT2D eigenvalue weighted by Crippen LogP contribution is 1.94. The van der Waals surface area contributed by atoms with Gasteiger partial charge in [0, 0.05) is 6.42 Å². The average Bonchev–Trinajstić information content (AvgIpc) is 2.00. The van der Waals surface area contributed by atoms with E-state index in [-0.39, 0.29) is 25.2 Å². The van der Waals surface area contributed by atoms with Crippen molar-refractivity contribution in [3.63, 3.8) is 0 Å². The summed E-state index contributed by atoms with van der Waals surface area (Å²) in [4.78, 5) is 20.9. The number of carbonyl (C=O) groups is 2. The average molecular weight is 173 g/mol. The smallest absolute Gasteiger partial charge is 0.320 e. The van der Waals surface area contributed by atoms with Crippen LogP contribution in [0.3, 0.4) is 0 Å². The lowest BCUT2D eigenvalue weighted by atomic mass is 10.1. The maximum absolute atomic E-state index is 10.7. The third kappa shape index (κ3) is 4.51. The van der Waals surface area contributed by atoms with Crippen LogP contribution in [0.5, 0.6) is 0 Å². The van der Waals surface area contributed by atoms with E-state index < -0.39 is 12.0 Å². The molecule has 0 aliphatic carbocycles. The van der Waals surface area contributed by atoms with Gasteiger partial charge < -0.3 is 21.5 Å². The Labute approximate surface area is 69.3 Å². The third-order valence-corrected chi connectivity index (χ3v) is 1.33. The second-order valence-electron chi connectivity index (χ2n) is 2.36. The summed E-state index contributed by atoms with van der Waals surface area (Å²) in [6.07, 6.45) is 0.150. The number of nitrogens with zero attached hydrogens (tertiary/aromatic N) is 1. The van der Waals surface area contributed by atoms with Crippen LogP contribution >= 0.6 is 0 Å². The summed E-state index contributed by atoms with van der Waals surface area (Å²) in [5.74, 6) is -1.39. The fourth-order valence-corrected chi connectivity index (χ4v) is 0.617. The van der Waals surface area contributed by atoms with Crippen LogP contribution in [-0.2, 0) is 9.59 Å². The number of ketones is 1. The molecule has 12 heavy (non-hydrogen) atoms. The molecule has 4 N–H and O–H groups in total. The van der Waals surface area contributed by atoms with Gasteiger partial charge in [-0.3, -0.25) is 9.59 Å². The van der Waals surface area contributed by atoms with Crippen molar-refractivity contribution in [2.75, 3.05) is 6.54 Å². The molecule has 0 unspecified atom stereocenters. The number of Topliss-reactive ketones (excluding diaryl/α,β-unsaturated/α-hetero) is 1. The molecule has 0 aliphatic heterocycles. The first kappa shape index (κ1) is 10.7. The van der Waals surface area contributed by atoms with E-state index in [2.05, 4.69) is 0 Å². The van der Waals surface area contributed by atoms with Crippen molar-refractivity contribution in [3.05, 3.63) is 5.53 Å². The Balaban J connectivity index is 3.60. The van der Waals surface area contributed by atoms with E-state index in [0.29, 0.717) is 0 Å². The summed E-state index contributed by atoms with van der Waals surface area (Å²) in [6, 6.07) is -1.01. The molecule has 0 saturated carbocycles.